The van der Waals surface area contributed by atoms with E-state index < -0.39 is 42.3 Å². The number of urea groups is 1. The van der Waals surface area contributed by atoms with Gasteiger partial charge >= 0.3 is 17.6 Å². The first-order chi connectivity index (χ1) is 12.5. The van der Waals surface area contributed by atoms with Crippen molar-refractivity contribution in [2.75, 3.05) is 13.7 Å². The van der Waals surface area contributed by atoms with Crippen molar-refractivity contribution in [3.05, 3.63) is 16.4 Å². The van der Waals surface area contributed by atoms with Crippen molar-refractivity contribution in [1.82, 2.24) is 24.8 Å². The predicted octanol–water partition coefficient (Wildman–Crippen LogP) is 3.07. The highest BCUT2D eigenvalue weighted by atomic mass is 35.5. The average Bonchev–Trinajstić information content (AvgIpc) is 3.12. The first kappa shape index (κ1) is 20.0. The van der Waals surface area contributed by atoms with Crippen LogP contribution in [0.25, 0.3) is 4.96 Å². The largest absolute Gasteiger partial charge is 0.435 e. The van der Waals surface area contributed by atoms with Crippen LogP contribution in [-0.4, -0.2) is 50.6 Å². The van der Waals surface area contributed by atoms with E-state index in [9.17, 15) is 26.7 Å². The number of imidazole rings is 1. The maximum Gasteiger partial charge on any atom is 0.435 e. The molecular formula is C13H13ClF5N5O2S. The summed E-state index contributed by atoms with van der Waals surface area (Å²) in [4.78, 5) is 16.5. The summed E-state index contributed by atoms with van der Waals surface area (Å²) in [5.74, 6) is 0. The van der Waals surface area contributed by atoms with E-state index in [4.69, 9.17) is 16.3 Å². The molecule has 0 saturated carbocycles. The van der Waals surface area contributed by atoms with E-state index in [0.717, 1.165) is 20.8 Å². The normalized spacial score (nSPS) is 18.6. The van der Waals surface area contributed by atoms with Gasteiger partial charge in [0.15, 0.2) is 5.69 Å². The number of hydrogen-bond donors (Lipinski definition) is 1. The van der Waals surface area contributed by atoms with Crippen LogP contribution in [0, 0.1) is 0 Å². The lowest BCUT2D eigenvalue weighted by Crippen LogP contribution is -2.31. The van der Waals surface area contributed by atoms with Gasteiger partial charge in [-0.2, -0.15) is 27.1 Å². The molecule has 3 rings (SSSR count). The second-order valence-corrected chi connectivity index (χ2v) is 7.47. The van der Waals surface area contributed by atoms with E-state index in [-0.39, 0.29) is 23.8 Å². The number of hydrogen-bond acceptors (Lipinski definition) is 5. The van der Waals surface area contributed by atoms with E-state index in [0.29, 0.717) is 5.01 Å². The number of ether oxygens (including phenoxy) is 1. The minimum absolute atomic E-state index is 0.00665. The number of methoxy groups -OCH3 is 1. The van der Waals surface area contributed by atoms with E-state index in [2.05, 4.69) is 15.4 Å². The first-order valence-corrected chi connectivity index (χ1v) is 8.73. The van der Waals surface area contributed by atoms with Crippen LogP contribution in [0.3, 0.4) is 0 Å². The number of alkyl halides is 6. The number of amides is 2. The molecule has 0 radical (unpaired) electrons. The quantitative estimate of drug-likeness (QED) is 0.561. The predicted molar refractivity (Wildman–Crippen MR) is 84.7 cm³/mol. The molecule has 1 aliphatic heterocycles. The summed E-state index contributed by atoms with van der Waals surface area (Å²) in [5.41, 5.74) is -1.53. The molecular weight excluding hydrogens is 421 g/mol. The van der Waals surface area contributed by atoms with Crippen LogP contribution in [-0.2, 0) is 24.1 Å². The molecule has 0 aliphatic carbocycles. The minimum atomic E-state index is -4.76. The number of nitrogens with zero attached hydrogens (tertiary/aromatic N) is 4. The molecule has 14 heteroatoms. The molecule has 0 bridgehead atoms. The lowest BCUT2D eigenvalue weighted by Gasteiger charge is -2.16. The second kappa shape index (κ2) is 7.02. The Kier molecular flexibility index (Phi) is 5.20. The number of fused-ring (bicyclic) bond motifs is 1. The Morgan fingerprint density at radius 3 is 2.67 bits per heavy atom. The maximum absolute atomic E-state index is 13.3. The smallest absolute Gasteiger partial charge is 0.377 e. The molecule has 0 aromatic carbocycles. The number of rotatable bonds is 6. The molecule has 7 nitrogen and oxygen atoms in total. The van der Waals surface area contributed by atoms with Crippen molar-refractivity contribution in [2.45, 2.75) is 37.2 Å². The van der Waals surface area contributed by atoms with Gasteiger partial charge in [0.25, 0.3) is 0 Å². The van der Waals surface area contributed by atoms with E-state index in [1.54, 1.807) is 0 Å². The Morgan fingerprint density at radius 1 is 1.37 bits per heavy atom. The molecule has 1 N–H and O–H groups in total. The zero-order valence-corrected chi connectivity index (χ0v) is 15.3. The van der Waals surface area contributed by atoms with Gasteiger partial charge in [-0.1, -0.05) is 11.3 Å². The summed E-state index contributed by atoms with van der Waals surface area (Å²) in [6.45, 7) is -0.630. The molecule has 2 amide bonds. The fourth-order valence-electron chi connectivity index (χ4n) is 2.75. The van der Waals surface area contributed by atoms with E-state index in [1.165, 1.54) is 7.11 Å². The van der Waals surface area contributed by atoms with Gasteiger partial charge in [-0.05, 0) is 11.6 Å². The van der Waals surface area contributed by atoms with Gasteiger partial charge in [0.2, 0.25) is 4.96 Å². The van der Waals surface area contributed by atoms with Crippen molar-refractivity contribution in [3.8, 4) is 0 Å². The first-order valence-electron chi connectivity index (χ1n) is 7.53. The van der Waals surface area contributed by atoms with Crippen LogP contribution in [0.4, 0.5) is 26.7 Å². The number of halogens is 6. The summed E-state index contributed by atoms with van der Waals surface area (Å²) in [7, 11) is 1.41. The standard InChI is InChI=1S/C13H13ClF5N5O2S/c1-26-5-8-22-24-7(9(13(17,18)19)21-11(24)27-8)4-23-3-6(20-10(23)25)2-12(14,15)16/h6H,2-5H2,1H3,(H,20,25). The average molecular weight is 434 g/mol. The Bertz CT molecular complexity index is 849. The van der Waals surface area contributed by atoms with Gasteiger partial charge in [-0.3, -0.25) is 0 Å². The number of nitrogens with one attached hydrogen (secondary N) is 1. The molecule has 1 fully saturated rings. The number of carbonyl (C=O) groups excluding carboxylic acids is 1. The van der Waals surface area contributed by atoms with Crippen LogP contribution in [0.1, 0.15) is 22.8 Å². The molecule has 0 spiro atoms. The van der Waals surface area contributed by atoms with Gasteiger partial charge < -0.3 is 15.0 Å². The van der Waals surface area contributed by atoms with Crippen LogP contribution >= 0.6 is 22.9 Å². The van der Waals surface area contributed by atoms with Crippen LogP contribution in [0.2, 0.25) is 0 Å². The molecule has 3 heterocycles. The van der Waals surface area contributed by atoms with E-state index >= 15 is 0 Å². The van der Waals surface area contributed by atoms with Crippen LogP contribution in [0.15, 0.2) is 0 Å². The van der Waals surface area contributed by atoms with Gasteiger partial charge in [-0.25, -0.2) is 14.3 Å². The SMILES string of the molecule is COCc1nn2c(CN3CC(CC(F)(F)Cl)NC3=O)c(C(F)(F)F)nc2s1. The van der Waals surface area contributed by atoms with Crippen molar-refractivity contribution >= 4 is 33.9 Å². The van der Waals surface area contributed by atoms with Gasteiger partial charge in [-0.15, -0.1) is 0 Å². The zero-order chi connectivity index (χ0) is 20.0. The molecule has 1 unspecified atom stereocenters. The van der Waals surface area contributed by atoms with Crippen LogP contribution in [0.5, 0.6) is 0 Å². The third-order valence-corrected chi connectivity index (χ3v) is 4.78. The summed E-state index contributed by atoms with van der Waals surface area (Å²) in [5, 5.41) is 3.18. The van der Waals surface area contributed by atoms with Crippen molar-refractivity contribution < 1.29 is 31.5 Å². The molecule has 1 atom stereocenters. The lowest BCUT2D eigenvalue weighted by molar-refractivity contribution is -0.141. The third-order valence-electron chi connectivity index (χ3n) is 3.75. The molecule has 2 aromatic heterocycles. The highest BCUT2D eigenvalue weighted by molar-refractivity contribution is 7.16. The van der Waals surface area contributed by atoms with E-state index in [1.807, 2.05) is 0 Å². The maximum atomic E-state index is 13.3. The molecule has 27 heavy (non-hydrogen) atoms. The summed E-state index contributed by atoms with van der Waals surface area (Å²) < 4.78 is 71.7. The topological polar surface area (TPSA) is 71.8 Å². The third kappa shape index (κ3) is 4.41. The van der Waals surface area contributed by atoms with Crippen molar-refractivity contribution in [2.24, 2.45) is 0 Å². The summed E-state index contributed by atoms with van der Waals surface area (Å²) in [6, 6.07) is -1.75. The molecule has 1 saturated heterocycles. The fraction of sp³-hybridized carbons (Fsp3) is 0.615. The van der Waals surface area contributed by atoms with Crippen LogP contribution < -0.4 is 5.32 Å². The Hall–Kier alpha value is -1.73. The Balaban J connectivity index is 1.89. The lowest BCUT2D eigenvalue weighted by atomic mass is 10.2. The summed E-state index contributed by atoms with van der Waals surface area (Å²) >= 11 is 5.78. The van der Waals surface area contributed by atoms with Gasteiger partial charge in [0, 0.05) is 20.1 Å². The highest BCUT2D eigenvalue weighted by Crippen LogP contribution is 2.34. The number of aromatic nitrogens is 3. The monoisotopic (exact) mass is 433 g/mol. The number of carbonyl (C=O) groups is 1. The molecule has 2 aromatic rings. The zero-order valence-electron chi connectivity index (χ0n) is 13.7. The van der Waals surface area contributed by atoms with Crippen molar-refractivity contribution in [3.63, 3.8) is 0 Å². The molecule has 1 aliphatic rings. The second-order valence-electron chi connectivity index (χ2n) is 5.87. The van der Waals surface area contributed by atoms with Crippen molar-refractivity contribution in [1.29, 1.82) is 0 Å². The Morgan fingerprint density at radius 2 is 2.07 bits per heavy atom. The Labute approximate surface area is 158 Å². The minimum Gasteiger partial charge on any atom is -0.377 e. The fourth-order valence-corrected chi connectivity index (χ4v) is 3.82. The van der Waals surface area contributed by atoms with Gasteiger partial charge in [0.05, 0.1) is 24.9 Å². The summed E-state index contributed by atoms with van der Waals surface area (Å²) in [6.07, 6.45) is -5.59. The van der Waals surface area contributed by atoms with Gasteiger partial charge in [0.1, 0.15) is 5.01 Å². The molecule has 150 valence electrons. The highest BCUT2D eigenvalue weighted by Gasteiger charge is 2.42.